The molecule has 0 saturated heterocycles. The van der Waals surface area contributed by atoms with Gasteiger partial charge in [0.1, 0.15) is 0 Å². The number of rotatable bonds is 3. The number of amides is 1. The number of carbonyl (C=O) groups excluding carboxylic acids is 1. The summed E-state index contributed by atoms with van der Waals surface area (Å²) in [6.45, 7) is 5.92. The van der Waals surface area contributed by atoms with Crippen molar-refractivity contribution in [1.82, 2.24) is 19.7 Å². The van der Waals surface area contributed by atoms with Crippen LogP contribution in [0.2, 0.25) is 0 Å². The lowest BCUT2D eigenvalue weighted by Crippen LogP contribution is -2.14. The van der Waals surface area contributed by atoms with Gasteiger partial charge in [-0.2, -0.15) is 5.10 Å². The molecule has 0 aliphatic heterocycles. The average molecular weight is 301 g/mol. The number of hydrogen-bond acceptors (Lipinski definition) is 5. The van der Waals surface area contributed by atoms with Gasteiger partial charge in [0, 0.05) is 23.0 Å². The minimum absolute atomic E-state index is 0.200. The third-order valence-electron chi connectivity index (χ3n) is 3.15. The highest BCUT2D eigenvalue weighted by atomic mass is 32.1. The first-order valence-electron chi connectivity index (χ1n) is 6.62. The summed E-state index contributed by atoms with van der Waals surface area (Å²) in [5.74, 6) is -0.200. The first kappa shape index (κ1) is 13.7. The average Bonchev–Trinajstić information content (AvgIpc) is 3.06. The number of anilines is 1. The maximum absolute atomic E-state index is 12.3. The van der Waals surface area contributed by atoms with Crippen LogP contribution in [0.4, 0.5) is 5.13 Å². The molecule has 21 heavy (non-hydrogen) atoms. The largest absolute Gasteiger partial charge is 0.298 e. The molecule has 0 spiro atoms. The molecule has 3 aromatic heterocycles. The van der Waals surface area contributed by atoms with Crippen molar-refractivity contribution in [2.75, 3.05) is 5.32 Å². The summed E-state index contributed by atoms with van der Waals surface area (Å²) in [5.41, 5.74) is 2.02. The van der Waals surface area contributed by atoms with Crippen LogP contribution in [0.5, 0.6) is 0 Å². The lowest BCUT2D eigenvalue weighted by atomic mass is 10.1. The number of thiazole rings is 1. The van der Waals surface area contributed by atoms with Crippen molar-refractivity contribution in [3.63, 3.8) is 0 Å². The van der Waals surface area contributed by atoms with Gasteiger partial charge in [-0.1, -0.05) is 0 Å². The van der Waals surface area contributed by atoms with Gasteiger partial charge in [0.05, 0.1) is 17.5 Å². The highest BCUT2D eigenvalue weighted by Crippen LogP contribution is 2.20. The normalized spacial score (nSPS) is 11.2. The summed E-state index contributed by atoms with van der Waals surface area (Å²) in [6, 6.07) is 2.05. The lowest BCUT2D eigenvalue weighted by Gasteiger charge is -2.09. The number of fused-ring (bicyclic) bond motifs is 1. The van der Waals surface area contributed by atoms with E-state index in [2.05, 4.69) is 20.4 Å². The third-order valence-corrected chi connectivity index (χ3v) is 3.83. The number of nitrogens with one attached hydrogen (secondary N) is 1. The Kier molecular flexibility index (Phi) is 3.42. The molecular weight excluding hydrogens is 286 g/mol. The smallest absolute Gasteiger partial charge is 0.259 e. The molecule has 108 valence electrons. The molecule has 0 fully saturated rings. The van der Waals surface area contributed by atoms with Gasteiger partial charge in [-0.3, -0.25) is 10.1 Å². The van der Waals surface area contributed by atoms with Gasteiger partial charge in [-0.15, -0.1) is 11.3 Å². The van der Waals surface area contributed by atoms with Crippen molar-refractivity contribution in [2.24, 2.45) is 0 Å². The minimum Gasteiger partial charge on any atom is -0.298 e. The number of pyridine rings is 1. The first-order chi connectivity index (χ1) is 10.1. The van der Waals surface area contributed by atoms with Crippen LogP contribution in [0.15, 0.2) is 23.8 Å². The molecule has 3 aromatic rings. The molecule has 3 heterocycles. The van der Waals surface area contributed by atoms with Crippen molar-refractivity contribution in [1.29, 1.82) is 0 Å². The van der Waals surface area contributed by atoms with Crippen LogP contribution < -0.4 is 5.32 Å². The molecule has 3 rings (SSSR count). The Bertz CT molecular complexity index is 791. The van der Waals surface area contributed by atoms with E-state index in [1.165, 1.54) is 11.3 Å². The van der Waals surface area contributed by atoms with E-state index in [9.17, 15) is 4.79 Å². The Morgan fingerprint density at radius 2 is 2.24 bits per heavy atom. The molecule has 0 aromatic carbocycles. The molecule has 0 bridgehead atoms. The van der Waals surface area contributed by atoms with Gasteiger partial charge in [-0.05, 0) is 26.8 Å². The molecule has 0 saturated carbocycles. The maximum Gasteiger partial charge on any atom is 0.259 e. The van der Waals surface area contributed by atoms with Gasteiger partial charge in [0.15, 0.2) is 10.8 Å². The minimum atomic E-state index is -0.200. The van der Waals surface area contributed by atoms with Crippen molar-refractivity contribution < 1.29 is 4.79 Å². The molecule has 6 nitrogen and oxygen atoms in total. The molecule has 7 heteroatoms. The van der Waals surface area contributed by atoms with Crippen LogP contribution in [0.3, 0.4) is 0 Å². The molecule has 0 aliphatic rings. The van der Waals surface area contributed by atoms with Crippen molar-refractivity contribution in [3.05, 3.63) is 35.1 Å². The van der Waals surface area contributed by atoms with Gasteiger partial charge >= 0.3 is 0 Å². The molecular formula is C14H15N5OS. The van der Waals surface area contributed by atoms with Crippen LogP contribution in [0, 0.1) is 6.92 Å². The molecule has 1 amide bonds. The zero-order chi connectivity index (χ0) is 15.0. The standard InChI is InChI=1S/C14H15N5OS/c1-8(2)19-12-10(7-16-19)6-11(9(3)17-12)13(20)18-14-15-4-5-21-14/h4-8H,1-3H3,(H,15,18,20). The molecule has 0 unspecified atom stereocenters. The monoisotopic (exact) mass is 301 g/mol. The summed E-state index contributed by atoms with van der Waals surface area (Å²) in [6.07, 6.45) is 3.39. The SMILES string of the molecule is Cc1nc2c(cnn2C(C)C)cc1C(=O)Nc1nccs1. The fourth-order valence-corrected chi connectivity index (χ4v) is 2.65. The summed E-state index contributed by atoms with van der Waals surface area (Å²) in [4.78, 5) is 20.9. The fraction of sp³-hybridized carbons (Fsp3) is 0.286. The molecule has 0 radical (unpaired) electrons. The summed E-state index contributed by atoms with van der Waals surface area (Å²) < 4.78 is 1.85. The summed E-state index contributed by atoms with van der Waals surface area (Å²) in [7, 11) is 0. The Labute approximate surface area is 125 Å². The molecule has 0 aliphatic carbocycles. The predicted molar refractivity (Wildman–Crippen MR) is 82.7 cm³/mol. The van der Waals surface area contributed by atoms with Gasteiger partial charge < -0.3 is 0 Å². The molecule has 0 atom stereocenters. The second-order valence-corrected chi connectivity index (χ2v) is 5.90. The highest BCUT2D eigenvalue weighted by Gasteiger charge is 2.15. The number of carbonyl (C=O) groups is 1. The van der Waals surface area contributed by atoms with Crippen molar-refractivity contribution >= 4 is 33.4 Å². The van der Waals surface area contributed by atoms with Crippen molar-refractivity contribution in [3.8, 4) is 0 Å². The Morgan fingerprint density at radius 1 is 1.43 bits per heavy atom. The predicted octanol–water partition coefficient (Wildman–Crippen LogP) is 3.03. The van der Waals surface area contributed by atoms with E-state index in [1.54, 1.807) is 12.4 Å². The second-order valence-electron chi connectivity index (χ2n) is 5.01. The number of aromatic nitrogens is 4. The van der Waals surface area contributed by atoms with Crippen LogP contribution in [-0.2, 0) is 0 Å². The topological polar surface area (TPSA) is 72.7 Å². The van der Waals surface area contributed by atoms with Gasteiger partial charge in [0.25, 0.3) is 5.91 Å². The van der Waals surface area contributed by atoms with Crippen LogP contribution >= 0.6 is 11.3 Å². The van der Waals surface area contributed by atoms with E-state index in [1.807, 2.05) is 36.9 Å². The number of nitrogens with zero attached hydrogens (tertiary/aromatic N) is 4. The third kappa shape index (κ3) is 2.52. The van der Waals surface area contributed by atoms with Crippen LogP contribution in [0.25, 0.3) is 11.0 Å². The summed E-state index contributed by atoms with van der Waals surface area (Å²) >= 11 is 1.38. The fourth-order valence-electron chi connectivity index (χ4n) is 2.12. The summed E-state index contributed by atoms with van der Waals surface area (Å²) in [5, 5.41) is 10.4. The van der Waals surface area contributed by atoms with E-state index >= 15 is 0 Å². The van der Waals surface area contributed by atoms with Gasteiger partial charge in [0.2, 0.25) is 0 Å². The molecule has 1 N–H and O–H groups in total. The van der Waals surface area contributed by atoms with E-state index < -0.39 is 0 Å². The zero-order valence-electron chi connectivity index (χ0n) is 12.0. The Balaban J connectivity index is 1.99. The Hall–Kier alpha value is -2.28. The van der Waals surface area contributed by atoms with Gasteiger partial charge in [-0.25, -0.2) is 14.6 Å². The zero-order valence-corrected chi connectivity index (χ0v) is 12.8. The Morgan fingerprint density at radius 3 is 2.90 bits per heavy atom. The number of aryl methyl sites for hydroxylation is 1. The van der Waals surface area contributed by atoms with Crippen LogP contribution in [-0.4, -0.2) is 25.7 Å². The second kappa shape index (κ2) is 5.25. The first-order valence-corrected chi connectivity index (χ1v) is 7.50. The van der Waals surface area contributed by atoms with E-state index in [0.717, 1.165) is 11.0 Å². The maximum atomic E-state index is 12.3. The number of hydrogen-bond donors (Lipinski definition) is 1. The van der Waals surface area contributed by atoms with E-state index in [4.69, 9.17) is 0 Å². The van der Waals surface area contributed by atoms with Crippen molar-refractivity contribution in [2.45, 2.75) is 26.8 Å². The quantitative estimate of drug-likeness (QED) is 0.807. The van der Waals surface area contributed by atoms with E-state index in [0.29, 0.717) is 16.4 Å². The van der Waals surface area contributed by atoms with Crippen LogP contribution in [0.1, 0.15) is 35.9 Å². The van der Waals surface area contributed by atoms with E-state index in [-0.39, 0.29) is 11.9 Å². The lowest BCUT2D eigenvalue weighted by molar-refractivity contribution is 0.102. The highest BCUT2D eigenvalue weighted by molar-refractivity contribution is 7.13.